The Morgan fingerprint density at radius 2 is 2.43 bits per heavy atom. The summed E-state index contributed by atoms with van der Waals surface area (Å²) in [4.78, 5) is 13.6. The first-order valence-electron chi connectivity index (χ1n) is 4.77. The quantitative estimate of drug-likeness (QED) is 0.675. The number of nitrogens with zero attached hydrogens (tertiary/aromatic N) is 1. The summed E-state index contributed by atoms with van der Waals surface area (Å²) in [6.07, 6.45) is 1.16. The Balaban J connectivity index is 2.48. The molecule has 2 N–H and O–H groups in total. The average Bonchev–Trinajstić information content (AvgIpc) is 2.28. The lowest BCUT2D eigenvalue weighted by atomic mass is 10.3. The molecule has 0 saturated carbocycles. The summed E-state index contributed by atoms with van der Waals surface area (Å²) in [5, 5.41) is 0. The van der Waals surface area contributed by atoms with E-state index in [2.05, 4.69) is 0 Å². The Morgan fingerprint density at radius 1 is 1.71 bits per heavy atom. The van der Waals surface area contributed by atoms with Gasteiger partial charge in [0.25, 0.3) is 0 Å². The number of amides is 1. The van der Waals surface area contributed by atoms with Crippen LogP contribution in [0.2, 0.25) is 0 Å². The molecule has 0 spiro atoms. The molecule has 0 aromatic carbocycles. The molecule has 1 amide bonds. The van der Waals surface area contributed by atoms with Crippen molar-refractivity contribution in [2.45, 2.75) is 25.9 Å². The first kappa shape index (κ1) is 11.4. The van der Waals surface area contributed by atoms with Gasteiger partial charge in [0, 0.05) is 19.7 Å². The minimum absolute atomic E-state index is 0.00912. The van der Waals surface area contributed by atoms with E-state index in [0.29, 0.717) is 6.54 Å². The van der Waals surface area contributed by atoms with Gasteiger partial charge in [-0.05, 0) is 13.3 Å². The van der Waals surface area contributed by atoms with E-state index in [1.54, 1.807) is 4.90 Å². The van der Waals surface area contributed by atoms with Crippen molar-refractivity contribution in [3.05, 3.63) is 0 Å². The third-order valence-electron chi connectivity index (χ3n) is 2.13. The van der Waals surface area contributed by atoms with Gasteiger partial charge in [-0.25, -0.2) is 0 Å². The Kier molecular flexibility index (Phi) is 4.28. The zero-order valence-corrected chi connectivity index (χ0v) is 9.18. The van der Waals surface area contributed by atoms with Crippen LogP contribution in [0.3, 0.4) is 0 Å². The van der Waals surface area contributed by atoms with Gasteiger partial charge in [-0.15, -0.1) is 0 Å². The molecule has 1 fully saturated rings. The number of rotatable bonds is 2. The lowest BCUT2D eigenvalue weighted by Crippen LogP contribution is -2.37. The summed E-state index contributed by atoms with van der Waals surface area (Å²) in [5.74, 6) is 0.00912. The molecule has 0 radical (unpaired) electrons. The molecule has 4 nitrogen and oxygen atoms in total. The highest BCUT2D eigenvalue weighted by atomic mass is 32.1. The van der Waals surface area contributed by atoms with Gasteiger partial charge in [0.05, 0.1) is 17.5 Å². The molecule has 14 heavy (non-hydrogen) atoms. The monoisotopic (exact) mass is 216 g/mol. The molecule has 1 heterocycles. The highest BCUT2D eigenvalue weighted by molar-refractivity contribution is 7.80. The molecule has 0 aromatic heterocycles. The van der Waals surface area contributed by atoms with Gasteiger partial charge in [0.1, 0.15) is 0 Å². The lowest BCUT2D eigenvalue weighted by molar-refractivity contribution is -0.130. The number of ether oxygens (including phenoxy) is 1. The van der Waals surface area contributed by atoms with Crippen molar-refractivity contribution < 1.29 is 9.53 Å². The number of carbonyl (C=O) groups excluding carboxylic acids is 1. The summed E-state index contributed by atoms with van der Waals surface area (Å²) in [6.45, 7) is 4.07. The largest absolute Gasteiger partial charge is 0.393 e. The maximum absolute atomic E-state index is 11.6. The molecule has 0 aromatic rings. The Labute approximate surface area is 89.4 Å². The first-order valence-corrected chi connectivity index (χ1v) is 5.18. The van der Waals surface area contributed by atoms with Crippen molar-refractivity contribution >= 4 is 23.1 Å². The van der Waals surface area contributed by atoms with Crippen LogP contribution in [0.25, 0.3) is 0 Å². The van der Waals surface area contributed by atoms with Gasteiger partial charge >= 0.3 is 0 Å². The molecule has 80 valence electrons. The second kappa shape index (κ2) is 5.26. The smallest absolute Gasteiger partial charge is 0.229 e. The van der Waals surface area contributed by atoms with Crippen LogP contribution in [-0.4, -0.2) is 41.6 Å². The average molecular weight is 216 g/mol. The van der Waals surface area contributed by atoms with E-state index in [-0.39, 0.29) is 23.4 Å². The third-order valence-corrected chi connectivity index (χ3v) is 2.27. The van der Waals surface area contributed by atoms with E-state index >= 15 is 0 Å². The van der Waals surface area contributed by atoms with Crippen molar-refractivity contribution in [1.82, 2.24) is 4.90 Å². The zero-order valence-electron chi connectivity index (χ0n) is 8.36. The highest BCUT2D eigenvalue weighted by Crippen LogP contribution is 2.06. The van der Waals surface area contributed by atoms with E-state index < -0.39 is 0 Å². The van der Waals surface area contributed by atoms with Crippen LogP contribution < -0.4 is 5.73 Å². The maximum Gasteiger partial charge on any atom is 0.229 e. The number of hydrogen-bond acceptors (Lipinski definition) is 3. The van der Waals surface area contributed by atoms with Gasteiger partial charge < -0.3 is 15.4 Å². The third kappa shape index (κ3) is 3.59. The minimum Gasteiger partial charge on any atom is -0.393 e. The van der Waals surface area contributed by atoms with Crippen LogP contribution in [0.4, 0.5) is 0 Å². The summed E-state index contributed by atoms with van der Waals surface area (Å²) in [6, 6.07) is 0. The van der Waals surface area contributed by atoms with Crippen molar-refractivity contribution in [1.29, 1.82) is 0 Å². The van der Waals surface area contributed by atoms with E-state index in [0.717, 1.165) is 19.6 Å². The van der Waals surface area contributed by atoms with Gasteiger partial charge in [0.2, 0.25) is 5.91 Å². The fourth-order valence-corrected chi connectivity index (χ4v) is 1.61. The number of carbonyl (C=O) groups is 1. The molecule has 1 aliphatic heterocycles. The first-order chi connectivity index (χ1) is 6.59. The topological polar surface area (TPSA) is 55.6 Å². The predicted molar refractivity (Wildman–Crippen MR) is 58.0 cm³/mol. The van der Waals surface area contributed by atoms with Gasteiger partial charge in [-0.3, -0.25) is 4.79 Å². The molecule has 1 aliphatic rings. The number of nitrogens with two attached hydrogens (primary N) is 1. The zero-order chi connectivity index (χ0) is 10.6. The van der Waals surface area contributed by atoms with Crippen LogP contribution in [0, 0.1) is 0 Å². The van der Waals surface area contributed by atoms with Crippen molar-refractivity contribution in [2.75, 3.05) is 19.7 Å². The maximum atomic E-state index is 11.6. The van der Waals surface area contributed by atoms with Crippen LogP contribution in [0.15, 0.2) is 0 Å². The summed E-state index contributed by atoms with van der Waals surface area (Å²) in [5.41, 5.74) is 5.33. The molecular weight excluding hydrogens is 200 g/mol. The van der Waals surface area contributed by atoms with Crippen molar-refractivity contribution in [3.63, 3.8) is 0 Å². The molecule has 1 rings (SSSR count). The molecule has 1 saturated heterocycles. The Hall–Kier alpha value is -0.680. The van der Waals surface area contributed by atoms with Gasteiger partial charge in [-0.2, -0.15) is 0 Å². The van der Waals surface area contributed by atoms with Crippen molar-refractivity contribution in [3.8, 4) is 0 Å². The Bertz CT molecular complexity index is 233. The molecule has 5 heteroatoms. The van der Waals surface area contributed by atoms with Crippen LogP contribution >= 0.6 is 12.2 Å². The van der Waals surface area contributed by atoms with Gasteiger partial charge in [-0.1, -0.05) is 12.2 Å². The highest BCUT2D eigenvalue weighted by Gasteiger charge is 2.19. The fourth-order valence-electron chi connectivity index (χ4n) is 1.48. The summed E-state index contributed by atoms with van der Waals surface area (Å²) >= 11 is 4.70. The predicted octanol–water partition coefficient (Wildman–Crippen LogP) is 0.300. The number of thiocarbonyl (C=S) groups is 1. The van der Waals surface area contributed by atoms with E-state index in [9.17, 15) is 4.79 Å². The number of hydrogen-bond donors (Lipinski definition) is 1. The SMILES string of the molecule is CC1CN(C(=O)CC(N)=S)CCCO1. The molecule has 1 unspecified atom stereocenters. The van der Waals surface area contributed by atoms with E-state index in [1.807, 2.05) is 6.92 Å². The van der Waals surface area contributed by atoms with Crippen LogP contribution in [0.1, 0.15) is 19.8 Å². The second-order valence-corrected chi connectivity index (χ2v) is 4.04. The minimum atomic E-state index is 0.00912. The van der Waals surface area contributed by atoms with Crippen LogP contribution in [-0.2, 0) is 9.53 Å². The molecule has 0 aliphatic carbocycles. The normalized spacial score (nSPS) is 22.9. The fraction of sp³-hybridized carbons (Fsp3) is 0.778. The van der Waals surface area contributed by atoms with E-state index in [1.165, 1.54) is 0 Å². The summed E-state index contributed by atoms with van der Waals surface area (Å²) < 4.78 is 5.43. The van der Waals surface area contributed by atoms with E-state index in [4.69, 9.17) is 22.7 Å². The standard InChI is InChI=1S/C9H16N2O2S/c1-7-6-11(3-2-4-13-7)9(12)5-8(10)14/h7H,2-6H2,1H3,(H2,10,14). The molecule has 0 bridgehead atoms. The lowest BCUT2D eigenvalue weighted by Gasteiger charge is -2.21. The van der Waals surface area contributed by atoms with Gasteiger partial charge in [0.15, 0.2) is 0 Å². The molecular formula is C9H16N2O2S. The van der Waals surface area contributed by atoms with Crippen LogP contribution in [0.5, 0.6) is 0 Å². The summed E-state index contributed by atoms with van der Waals surface area (Å²) in [7, 11) is 0. The molecule has 1 atom stereocenters. The van der Waals surface area contributed by atoms with Crippen molar-refractivity contribution in [2.24, 2.45) is 5.73 Å². The second-order valence-electron chi connectivity index (χ2n) is 3.52. The Morgan fingerprint density at radius 3 is 3.07 bits per heavy atom.